The maximum atomic E-state index is 13.0. The van der Waals surface area contributed by atoms with Crippen molar-refractivity contribution in [1.82, 2.24) is 4.90 Å². The molecule has 9 nitrogen and oxygen atoms in total. The van der Waals surface area contributed by atoms with E-state index in [0.29, 0.717) is 23.9 Å². The van der Waals surface area contributed by atoms with Gasteiger partial charge in [0, 0.05) is 29.5 Å². The molecule has 3 aromatic rings. The highest BCUT2D eigenvalue weighted by Crippen LogP contribution is 2.34. The summed E-state index contributed by atoms with van der Waals surface area (Å²) in [5, 5.41) is 11.5. The molecule has 33 heavy (non-hydrogen) atoms. The first-order valence-electron chi connectivity index (χ1n) is 10.1. The second-order valence-corrected chi connectivity index (χ2v) is 10.8. The number of nitrogens with one attached hydrogen (secondary N) is 2. The minimum Gasteiger partial charge on any atom is -0.506 e. The van der Waals surface area contributed by atoms with E-state index in [1.165, 1.54) is 36.4 Å². The van der Waals surface area contributed by atoms with Gasteiger partial charge in [-0.05, 0) is 44.2 Å². The van der Waals surface area contributed by atoms with Crippen molar-refractivity contribution in [3.63, 3.8) is 0 Å². The average molecular weight is 492 g/mol. The number of hydrogen-bond acceptors (Lipinski definition) is 6. The van der Waals surface area contributed by atoms with E-state index >= 15 is 0 Å². The van der Waals surface area contributed by atoms with Crippen LogP contribution in [0, 0.1) is 0 Å². The average Bonchev–Trinajstić information content (AvgIpc) is 2.74. The molecule has 3 rings (SSSR count). The van der Waals surface area contributed by atoms with Crippen molar-refractivity contribution >= 4 is 48.1 Å². The van der Waals surface area contributed by atoms with Crippen molar-refractivity contribution in [2.75, 3.05) is 28.8 Å². The molecule has 3 N–H and O–H groups in total. The molecule has 0 bridgehead atoms. The summed E-state index contributed by atoms with van der Waals surface area (Å²) in [5.74, 6) is -0.551. The zero-order valence-corrected chi connectivity index (χ0v) is 20.0. The highest BCUT2D eigenvalue weighted by atomic mass is 32.2. The highest BCUT2D eigenvalue weighted by Gasteiger charge is 2.21. The Morgan fingerprint density at radius 3 is 2.21 bits per heavy atom. The molecule has 0 aliphatic rings. The Kier molecular flexibility index (Phi) is 6.84. The van der Waals surface area contributed by atoms with Crippen LogP contribution in [0.2, 0.25) is 0 Å². The van der Waals surface area contributed by atoms with E-state index < -0.39 is 20.0 Å². The highest BCUT2D eigenvalue weighted by molar-refractivity contribution is 7.93. The lowest BCUT2D eigenvalue weighted by molar-refractivity contribution is 0.0770. The van der Waals surface area contributed by atoms with Crippen LogP contribution >= 0.6 is 0 Å². The Morgan fingerprint density at radius 2 is 1.58 bits per heavy atom. The Bertz CT molecular complexity index is 1420. The van der Waals surface area contributed by atoms with Gasteiger partial charge in [0.2, 0.25) is 10.0 Å². The Labute approximate surface area is 193 Å². The van der Waals surface area contributed by atoms with Gasteiger partial charge in [0.05, 0.1) is 22.4 Å². The summed E-state index contributed by atoms with van der Waals surface area (Å²) in [6.45, 7) is 4.65. The number of benzene rings is 3. The van der Waals surface area contributed by atoms with Gasteiger partial charge in [0.25, 0.3) is 15.9 Å². The zero-order chi connectivity index (χ0) is 24.4. The Balaban J connectivity index is 2.01. The number of rotatable bonds is 8. The number of anilines is 2. The third-order valence-electron chi connectivity index (χ3n) is 5.01. The molecular formula is C22H25N3O6S2. The lowest BCUT2D eigenvalue weighted by atomic mass is 10.0. The van der Waals surface area contributed by atoms with Crippen molar-refractivity contribution in [1.29, 1.82) is 0 Å². The Morgan fingerprint density at radius 1 is 0.909 bits per heavy atom. The zero-order valence-electron chi connectivity index (χ0n) is 18.4. The van der Waals surface area contributed by atoms with Gasteiger partial charge in [0.1, 0.15) is 5.75 Å². The van der Waals surface area contributed by atoms with Gasteiger partial charge in [-0.15, -0.1) is 0 Å². The number of nitrogens with zero attached hydrogens (tertiary/aromatic N) is 1. The molecule has 11 heteroatoms. The van der Waals surface area contributed by atoms with Crippen LogP contribution in [0.25, 0.3) is 10.8 Å². The number of aromatic hydroxyl groups is 1. The summed E-state index contributed by atoms with van der Waals surface area (Å²) in [6, 6.07) is 13.1. The minimum absolute atomic E-state index is 0.107. The SMILES string of the molecule is CCN(CC)C(=O)c1ccc2c(NS(=O)(=O)c3cccc(NS(C)(=O)=O)c3)cccc2c1O. The molecule has 0 saturated carbocycles. The van der Waals surface area contributed by atoms with Crippen LogP contribution in [0.15, 0.2) is 59.5 Å². The molecule has 0 unspecified atom stereocenters. The fourth-order valence-electron chi connectivity index (χ4n) is 3.43. The van der Waals surface area contributed by atoms with Crippen LogP contribution in [0.5, 0.6) is 5.75 Å². The summed E-state index contributed by atoms with van der Waals surface area (Å²) >= 11 is 0. The molecule has 3 aromatic carbocycles. The molecule has 0 aromatic heterocycles. The van der Waals surface area contributed by atoms with Gasteiger partial charge in [-0.2, -0.15) is 0 Å². The predicted octanol–water partition coefficient (Wildman–Crippen LogP) is 3.20. The lowest BCUT2D eigenvalue weighted by Crippen LogP contribution is -2.30. The van der Waals surface area contributed by atoms with Gasteiger partial charge in [-0.25, -0.2) is 16.8 Å². The molecule has 0 saturated heterocycles. The molecule has 0 aliphatic carbocycles. The maximum absolute atomic E-state index is 13.0. The lowest BCUT2D eigenvalue weighted by Gasteiger charge is -2.20. The molecule has 0 heterocycles. The van der Waals surface area contributed by atoms with Crippen molar-refractivity contribution in [2.24, 2.45) is 0 Å². The summed E-state index contributed by atoms with van der Waals surface area (Å²) in [6.07, 6.45) is 0.967. The topological polar surface area (TPSA) is 133 Å². The second-order valence-electron chi connectivity index (χ2n) is 7.35. The third-order valence-corrected chi connectivity index (χ3v) is 6.98. The summed E-state index contributed by atoms with van der Waals surface area (Å²) in [5.41, 5.74) is 0.437. The molecule has 176 valence electrons. The number of fused-ring (bicyclic) bond motifs is 1. The van der Waals surface area contributed by atoms with Gasteiger partial charge in [-0.1, -0.05) is 24.3 Å². The maximum Gasteiger partial charge on any atom is 0.261 e. The Hall–Kier alpha value is -3.31. The van der Waals surface area contributed by atoms with Gasteiger partial charge >= 0.3 is 0 Å². The first-order chi connectivity index (χ1) is 15.5. The van der Waals surface area contributed by atoms with E-state index in [0.717, 1.165) is 6.26 Å². The molecular weight excluding hydrogens is 466 g/mol. The van der Waals surface area contributed by atoms with E-state index in [2.05, 4.69) is 9.44 Å². The van der Waals surface area contributed by atoms with Gasteiger partial charge < -0.3 is 10.0 Å². The number of hydrogen-bond donors (Lipinski definition) is 3. The summed E-state index contributed by atoms with van der Waals surface area (Å²) in [7, 11) is -7.66. The predicted molar refractivity (Wildman–Crippen MR) is 129 cm³/mol. The van der Waals surface area contributed by atoms with Crippen LogP contribution < -0.4 is 9.44 Å². The second kappa shape index (κ2) is 9.28. The largest absolute Gasteiger partial charge is 0.506 e. The fraction of sp³-hybridized carbons (Fsp3) is 0.227. The quantitative estimate of drug-likeness (QED) is 0.443. The molecule has 0 aliphatic heterocycles. The molecule has 0 fully saturated rings. The molecule has 1 amide bonds. The van der Waals surface area contributed by atoms with Crippen molar-refractivity contribution in [2.45, 2.75) is 18.7 Å². The summed E-state index contributed by atoms with van der Waals surface area (Å²) in [4.78, 5) is 14.1. The molecule has 0 atom stereocenters. The number of phenolic OH excluding ortho intramolecular Hbond substituents is 1. The van der Waals surface area contributed by atoms with Gasteiger partial charge in [0.15, 0.2) is 0 Å². The van der Waals surface area contributed by atoms with Crippen molar-refractivity contribution in [3.05, 3.63) is 60.2 Å². The van der Waals surface area contributed by atoms with Crippen LogP contribution in [-0.4, -0.2) is 52.1 Å². The van der Waals surface area contributed by atoms with Crippen LogP contribution in [0.4, 0.5) is 11.4 Å². The van der Waals surface area contributed by atoms with E-state index in [1.807, 2.05) is 13.8 Å². The number of sulfonamides is 2. The third kappa shape index (κ3) is 5.37. The monoisotopic (exact) mass is 491 g/mol. The van der Waals surface area contributed by atoms with E-state index in [9.17, 15) is 26.7 Å². The first kappa shape index (κ1) is 24.3. The molecule has 0 spiro atoms. The van der Waals surface area contributed by atoms with Crippen LogP contribution in [0.1, 0.15) is 24.2 Å². The van der Waals surface area contributed by atoms with E-state index in [1.54, 1.807) is 23.1 Å². The number of amides is 1. The van der Waals surface area contributed by atoms with Crippen molar-refractivity contribution in [3.8, 4) is 5.75 Å². The van der Waals surface area contributed by atoms with Gasteiger partial charge in [-0.3, -0.25) is 14.2 Å². The van der Waals surface area contributed by atoms with E-state index in [-0.39, 0.29) is 33.5 Å². The summed E-state index contributed by atoms with van der Waals surface area (Å²) < 4.78 is 53.6. The standard InChI is InChI=1S/C22H25N3O6S2/c1-4-25(5-2)22(27)19-13-12-17-18(21(19)26)10-7-11-20(17)24-33(30,31)16-9-6-8-15(14-16)23-32(3,28)29/h6-14,23-24,26H,4-5H2,1-3H3. The molecule has 0 radical (unpaired) electrons. The number of carbonyl (C=O) groups is 1. The minimum atomic E-state index is -4.09. The van der Waals surface area contributed by atoms with Crippen LogP contribution in [0.3, 0.4) is 0 Å². The number of carbonyl (C=O) groups excluding carboxylic acids is 1. The fourth-order valence-corrected chi connectivity index (χ4v) is 5.11. The normalized spacial score (nSPS) is 11.8. The van der Waals surface area contributed by atoms with Crippen molar-refractivity contribution < 1.29 is 26.7 Å². The number of phenols is 1. The van der Waals surface area contributed by atoms with Crippen LogP contribution in [-0.2, 0) is 20.0 Å². The first-order valence-corrected chi connectivity index (χ1v) is 13.5. The van der Waals surface area contributed by atoms with E-state index in [4.69, 9.17) is 0 Å². The smallest absolute Gasteiger partial charge is 0.261 e.